The van der Waals surface area contributed by atoms with Crippen LogP contribution in [0.1, 0.15) is 0 Å². The molecule has 0 saturated carbocycles. The Balaban J connectivity index is 2.56. The summed E-state index contributed by atoms with van der Waals surface area (Å²) in [5.74, 6) is -1.35. The van der Waals surface area contributed by atoms with Crippen LogP contribution in [0.2, 0.25) is 0 Å². The predicted molar refractivity (Wildman–Crippen MR) is 45.3 cm³/mol. The molecule has 0 aliphatic carbocycles. The van der Waals surface area contributed by atoms with Gasteiger partial charge >= 0.3 is 0 Å². The number of hydrogen-bond acceptors (Lipinski definition) is 9. The van der Waals surface area contributed by atoms with Crippen LogP contribution >= 0.6 is 0 Å². The van der Waals surface area contributed by atoms with Gasteiger partial charge in [0, 0.05) is 0 Å². The second-order valence-electron chi connectivity index (χ2n) is 2.90. The molecule has 0 unspecified atom stereocenters. The normalized spacial score (nSPS) is 23.4. The molecule has 0 amide bonds. The van der Waals surface area contributed by atoms with Gasteiger partial charge in [0.15, 0.2) is 10.1 Å². The van der Waals surface area contributed by atoms with Gasteiger partial charge in [-0.1, -0.05) is 0 Å². The third kappa shape index (κ3) is 1.41. The van der Waals surface area contributed by atoms with Crippen LogP contribution in [0.15, 0.2) is 4.63 Å². The van der Waals surface area contributed by atoms with Crippen LogP contribution in [-0.2, 0) is 0 Å². The molecule has 0 spiro atoms. The Morgan fingerprint density at radius 3 is 1.71 bits per heavy atom. The summed E-state index contributed by atoms with van der Waals surface area (Å²) in [5.41, 5.74) is 0. The van der Waals surface area contributed by atoms with Crippen LogP contribution in [0, 0.1) is 20.2 Å². The zero-order chi connectivity index (χ0) is 12.7. The average Bonchev–Trinajstić information content (AvgIpc) is 2.66. The Morgan fingerprint density at radius 2 is 1.41 bits per heavy atom. The fourth-order valence-corrected chi connectivity index (χ4v) is 1.32. The molecule has 1 aliphatic rings. The van der Waals surface area contributed by atoms with Crippen molar-refractivity contribution in [3.05, 3.63) is 20.2 Å². The summed E-state index contributed by atoms with van der Waals surface area (Å²) >= 11 is 0. The molecule has 0 fully saturated rings. The van der Waals surface area contributed by atoms with Crippen LogP contribution in [0.4, 0.5) is 11.6 Å². The maximum atomic E-state index is 10.6. The molecule has 1 aliphatic heterocycles. The molecule has 2 atom stereocenters. The molecule has 1 aromatic heterocycles. The maximum absolute atomic E-state index is 10.6. The highest BCUT2D eigenvalue weighted by Crippen LogP contribution is 2.33. The van der Waals surface area contributed by atoms with E-state index in [1.807, 2.05) is 0 Å². The lowest BCUT2D eigenvalue weighted by atomic mass is 10.3. The Morgan fingerprint density at radius 1 is 1.06 bits per heavy atom. The Bertz CT molecular complexity index is 432. The van der Waals surface area contributed by atoms with E-state index in [1.54, 1.807) is 0 Å². The topological polar surface area (TPSA) is 172 Å². The largest absolute Gasteiger partial charge is 0.365 e. The van der Waals surface area contributed by atoms with E-state index in [0.29, 0.717) is 0 Å². The van der Waals surface area contributed by atoms with Gasteiger partial charge in [-0.2, -0.15) is 0 Å². The zero-order valence-electron chi connectivity index (χ0n) is 7.77. The minimum absolute atomic E-state index is 0.0104. The molecular formula is C4H4N6O7. The van der Waals surface area contributed by atoms with E-state index in [9.17, 15) is 30.4 Å². The predicted octanol–water partition coefficient (Wildman–Crippen LogP) is -2.28. The van der Waals surface area contributed by atoms with E-state index in [0.717, 1.165) is 0 Å². The van der Waals surface area contributed by atoms with E-state index in [2.05, 4.69) is 14.9 Å². The molecule has 0 aromatic carbocycles. The highest BCUT2D eigenvalue weighted by molar-refractivity contribution is 5.61. The summed E-state index contributed by atoms with van der Waals surface area (Å²) in [5, 5.41) is 43.9. The first-order valence-electron chi connectivity index (χ1n) is 4.01. The number of nitro groups is 2. The Labute approximate surface area is 90.6 Å². The molecule has 92 valence electrons. The first-order chi connectivity index (χ1) is 7.95. The number of aliphatic hydroxyl groups excluding tert-OH is 2. The van der Waals surface area contributed by atoms with E-state index >= 15 is 0 Å². The number of hydrazine groups is 2. The van der Waals surface area contributed by atoms with Gasteiger partial charge in [-0.15, -0.1) is 0 Å². The van der Waals surface area contributed by atoms with Crippen molar-refractivity contribution in [1.29, 1.82) is 0 Å². The third-order valence-electron chi connectivity index (χ3n) is 2.01. The zero-order valence-corrected chi connectivity index (χ0v) is 7.77. The lowest BCUT2D eigenvalue weighted by Gasteiger charge is -2.29. The molecule has 1 aromatic rings. The van der Waals surface area contributed by atoms with E-state index in [4.69, 9.17) is 0 Å². The number of hydrogen-bond donors (Lipinski definition) is 2. The van der Waals surface area contributed by atoms with Crippen molar-refractivity contribution < 1.29 is 24.9 Å². The number of aromatic nitrogens is 2. The summed E-state index contributed by atoms with van der Waals surface area (Å²) < 4.78 is 4.11. The molecule has 13 heteroatoms. The Kier molecular flexibility index (Phi) is 2.25. The molecule has 17 heavy (non-hydrogen) atoms. The lowest BCUT2D eigenvalue weighted by Crippen LogP contribution is -2.59. The van der Waals surface area contributed by atoms with E-state index < -0.39 is 34.2 Å². The SMILES string of the molecule is O=[N+]([O-])N1c2nonc2N([N+](=O)[O-])[C@@H](O)[C@H]1O. The molecule has 13 nitrogen and oxygen atoms in total. The van der Waals surface area contributed by atoms with Crippen LogP contribution in [0.5, 0.6) is 0 Å². The second-order valence-corrected chi connectivity index (χ2v) is 2.90. The summed E-state index contributed by atoms with van der Waals surface area (Å²) in [6.45, 7) is 0. The molecule has 2 rings (SSSR count). The van der Waals surface area contributed by atoms with Gasteiger partial charge in [0.1, 0.15) is 0 Å². The van der Waals surface area contributed by atoms with Crippen LogP contribution in [-0.4, -0.2) is 43.0 Å². The van der Waals surface area contributed by atoms with Crippen LogP contribution in [0.3, 0.4) is 0 Å². The quantitative estimate of drug-likeness (QED) is 0.426. The minimum atomic E-state index is -2.19. The number of rotatable bonds is 2. The fourth-order valence-electron chi connectivity index (χ4n) is 1.32. The number of aliphatic hydroxyl groups is 2. The summed E-state index contributed by atoms with van der Waals surface area (Å²) in [6.07, 6.45) is -4.37. The van der Waals surface area contributed by atoms with Gasteiger partial charge in [-0.25, -0.2) is 24.9 Å². The van der Waals surface area contributed by atoms with Crippen LogP contribution in [0.25, 0.3) is 0 Å². The van der Waals surface area contributed by atoms with Crippen molar-refractivity contribution in [2.45, 2.75) is 12.5 Å². The van der Waals surface area contributed by atoms with E-state index in [1.165, 1.54) is 0 Å². The second kappa shape index (κ2) is 3.49. The molecule has 2 N–H and O–H groups in total. The van der Waals surface area contributed by atoms with Crippen molar-refractivity contribution >= 4 is 11.6 Å². The smallest absolute Gasteiger partial charge is 0.290 e. The van der Waals surface area contributed by atoms with Crippen molar-refractivity contribution in [1.82, 2.24) is 10.3 Å². The van der Waals surface area contributed by atoms with Gasteiger partial charge in [0.2, 0.25) is 12.5 Å². The van der Waals surface area contributed by atoms with Crippen molar-refractivity contribution in [3.63, 3.8) is 0 Å². The Hall–Kier alpha value is -2.54. The highest BCUT2D eigenvalue weighted by Gasteiger charge is 2.53. The molecule has 0 saturated heterocycles. The van der Waals surface area contributed by atoms with Crippen molar-refractivity contribution in [3.8, 4) is 0 Å². The van der Waals surface area contributed by atoms with Gasteiger partial charge in [0.05, 0.1) is 0 Å². The first kappa shape index (κ1) is 11.0. The molecule has 0 radical (unpaired) electrons. The summed E-state index contributed by atoms with van der Waals surface area (Å²) in [7, 11) is 0. The van der Waals surface area contributed by atoms with Crippen molar-refractivity contribution in [2.24, 2.45) is 0 Å². The maximum Gasteiger partial charge on any atom is 0.290 e. The summed E-state index contributed by atoms with van der Waals surface area (Å²) in [4.78, 5) is 21.2. The molecule has 0 bridgehead atoms. The van der Waals surface area contributed by atoms with Gasteiger partial charge in [0.25, 0.3) is 11.6 Å². The third-order valence-corrected chi connectivity index (χ3v) is 2.01. The minimum Gasteiger partial charge on any atom is -0.365 e. The average molecular weight is 248 g/mol. The number of anilines is 2. The standard InChI is InChI=1S/C4H4N6O7/c11-3-4(12)8(10(15)16)2-1(5-17-6-2)7(3)9(13)14/h3-4,11-12H/t3-,4+. The molecule has 2 heterocycles. The summed E-state index contributed by atoms with van der Waals surface area (Å²) in [6, 6.07) is 0. The fraction of sp³-hybridized carbons (Fsp3) is 0.500. The van der Waals surface area contributed by atoms with Crippen molar-refractivity contribution in [2.75, 3.05) is 10.0 Å². The first-order valence-corrected chi connectivity index (χ1v) is 4.01. The lowest BCUT2D eigenvalue weighted by molar-refractivity contribution is -0.536. The van der Waals surface area contributed by atoms with Crippen LogP contribution < -0.4 is 10.0 Å². The van der Waals surface area contributed by atoms with Gasteiger partial charge < -0.3 is 10.2 Å². The van der Waals surface area contributed by atoms with Gasteiger partial charge in [-0.3, -0.25) is 0 Å². The molecular weight excluding hydrogens is 244 g/mol. The number of fused-ring (bicyclic) bond motifs is 1. The number of nitrogens with zero attached hydrogens (tertiary/aromatic N) is 6. The highest BCUT2D eigenvalue weighted by atomic mass is 16.7. The van der Waals surface area contributed by atoms with Gasteiger partial charge in [-0.05, 0) is 20.3 Å². The van der Waals surface area contributed by atoms with E-state index in [-0.39, 0.29) is 10.0 Å². The monoisotopic (exact) mass is 248 g/mol.